The van der Waals surface area contributed by atoms with E-state index in [0.29, 0.717) is 23.9 Å². The number of allylic oxidation sites excluding steroid dienone is 10. The molecule has 1 N–H and O–H groups in total. The van der Waals surface area contributed by atoms with Crippen LogP contribution < -0.4 is 0 Å². The molecule has 0 rings (SSSR count). The van der Waals surface area contributed by atoms with Gasteiger partial charge in [-0.15, -0.1) is 0 Å². The Morgan fingerprint density at radius 1 is 0.348 bits per heavy atom. The number of phosphoric acid groups is 1. The predicted molar refractivity (Wildman–Crippen MR) is 400 cm³/mol. The number of unbranched alkanes of at least 4 members (excludes halogenated alkanes) is 51. The summed E-state index contributed by atoms with van der Waals surface area (Å²) in [4.78, 5) is 36.0. The Hall–Kier alpha value is -2.29. The molecule has 0 aliphatic heterocycles. The van der Waals surface area contributed by atoms with E-state index in [-0.39, 0.29) is 25.6 Å². The summed E-state index contributed by atoms with van der Waals surface area (Å²) in [6, 6.07) is 0. The van der Waals surface area contributed by atoms with Crippen molar-refractivity contribution in [3.63, 3.8) is 0 Å². The van der Waals surface area contributed by atoms with Crippen molar-refractivity contribution in [2.24, 2.45) is 0 Å². The van der Waals surface area contributed by atoms with Crippen LogP contribution in [0.25, 0.3) is 0 Å². The molecule has 2 atom stereocenters. The molecule has 9 nitrogen and oxygen atoms in total. The number of phosphoric ester groups is 1. The second-order valence-electron chi connectivity index (χ2n) is 28.4. The van der Waals surface area contributed by atoms with Crippen molar-refractivity contribution in [2.45, 2.75) is 405 Å². The van der Waals surface area contributed by atoms with Gasteiger partial charge in [0.1, 0.15) is 19.8 Å². The zero-order valence-electron chi connectivity index (χ0n) is 61.8. The third-order valence-corrected chi connectivity index (χ3v) is 19.0. The Morgan fingerprint density at radius 3 is 0.935 bits per heavy atom. The Morgan fingerprint density at radius 2 is 0.620 bits per heavy atom. The molecular weight excluding hydrogens is 1160 g/mol. The second-order valence-corrected chi connectivity index (χ2v) is 29.9. The average molecular weight is 1310 g/mol. The molecule has 0 spiro atoms. The number of carbonyl (C=O) groups excluding carboxylic acids is 2. The van der Waals surface area contributed by atoms with Crippen LogP contribution in [0.2, 0.25) is 0 Å². The standard InChI is InChI=1S/C82H154NO8P/c1-6-8-10-12-14-16-18-20-22-24-26-28-30-32-34-36-38-39-40-41-42-43-45-47-49-51-53-55-57-59-61-63-65-67-69-71-73-75-82(85)91-80(79-90-92(86,87)89-77-76-83(3,4)5)78-88-81(84)74-72-70-68-66-64-62-60-58-56-54-52-50-48-46-44-37-35-33-31-29-27-25-23-21-19-17-15-13-11-9-7-2/h8,10,14,16,20,22,25-28,80H,6-7,9,11-13,15,17-19,21,23-24,29-79H2,1-5H3/p+1/b10-8-,16-14-,22-20-,27-25-,28-26-. The van der Waals surface area contributed by atoms with Gasteiger partial charge in [-0.2, -0.15) is 0 Å². The maximum atomic E-state index is 12.9. The van der Waals surface area contributed by atoms with Crippen molar-refractivity contribution in [3.05, 3.63) is 60.8 Å². The van der Waals surface area contributed by atoms with Gasteiger partial charge in [0.15, 0.2) is 6.10 Å². The van der Waals surface area contributed by atoms with Crippen molar-refractivity contribution < 1.29 is 42.1 Å². The first-order valence-corrected chi connectivity index (χ1v) is 41.5. The molecule has 0 heterocycles. The first kappa shape index (κ1) is 89.7. The molecule has 0 saturated carbocycles. The normalized spacial score (nSPS) is 13.3. The van der Waals surface area contributed by atoms with E-state index in [1.165, 1.54) is 308 Å². The molecule has 0 saturated heterocycles. The van der Waals surface area contributed by atoms with Crippen LogP contribution in [-0.4, -0.2) is 74.9 Å². The van der Waals surface area contributed by atoms with E-state index in [1.54, 1.807) is 0 Å². The molecule has 0 amide bonds. The van der Waals surface area contributed by atoms with Crippen molar-refractivity contribution in [1.82, 2.24) is 0 Å². The van der Waals surface area contributed by atoms with E-state index in [9.17, 15) is 19.0 Å². The summed E-state index contributed by atoms with van der Waals surface area (Å²) < 4.78 is 34.8. The molecule has 10 heteroatoms. The highest BCUT2D eigenvalue weighted by Crippen LogP contribution is 2.43. The zero-order chi connectivity index (χ0) is 66.9. The Kier molecular flexibility index (Phi) is 71.2. The van der Waals surface area contributed by atoms with Gasteiger partial charge in [-0.05, 0) is 77.0 Å². The van der Waals surface area contributed by atoms with E-state index in [0.717, 1.165) is 57.8 Å². The van der Waals surface area contributed by atoms with Crippen LogP contribution in [-0.2, 0) is 32.7 Å². The zero-order valence-corrected chi connectivity index (χ0v) is 62.7. The maximum absolute atomic E-state index is 12.9. The monoisotopic (exact) mass is 1310 g/mol. The van der Waals surface area contributed by atoms with Gasteiger partial charge in [0.05, 0.1) is 27.7 Å². The molecule has 0 aliphatic carbocycles. The van der Waals surface area contributed by atoms with Gasteiger partial charge in [-0.3, -0.25) is 18.6 Å². The lowest BCUT2D eigenvalue weighted by molar-refractivity contribution is -0.870. The Balaban J connectivity index is 3.91. The van der Waals surface area contributed by atoms with Gasteiger partial charge < -0.3 is 18.9 Å². The smallest absolute Gasteiger partial charge is 0.462 e. The third-order valence-electron chi connectivity index (χ3n) is 18.0. The average Bonchev–Trinajstić information content (AvgIpc) is 2.34. The molecule has 0 aliphatic rings. The molecule has 0 bridgehead atoms. The maximum Gasteiger partial charge on any atom is 0.472 e. The van der Waals surface area contributed by atoms with Gasteiger partial charge in [-0.25, -0.2) is 4.57 Å². The summed E-state index contributed by atoms with van der Waals surface area (Å²) in [5, 5.41) is 0. The molecule has 540 valence electrons. The molecule has 0 aromatic carbocycles. The summed E-state index contributed by atoms with van der Waals surface area (Å²) in [6.07, 6.45) is 98.0. The van der Waals surface area contributed by atoms with Crippen molar-refractivity contribution in [2.75, 3.05) is 47.5 Å². The number of quaternary nitrogens is 1. The van der Waals surface area contributed by atoms with Crippen LogP contribution in [0, 0.1) is 0 Å². The number of ether oxygens (including phenoxy) is 2. The fourth-order valence-corrected chi connectivity index (χ4v) is 12.7. The minimum Gasteiger partial charge on any atom is -0.462 e. The summed E-state index contributed by atoms with van der Waals surface area (Å²) in [7, 11) is 1.50. The number of carbonyl (C=O) groups is 2. The van der Waals surface area contributed by atoms with Crippen molar-refractivity contribution in [3.8, 4) is 0 Å². The first-order chi connectivity index (χ1) is 45.0. The number of hydrogen-bond donors (Lipinski definition) is 1. The SMILES string of the molecule is CC/C=C\C/C=C\C/C=C\C/C=C\CCCCCCCCCCCCCCCCCCCCCCCCCCC(=O)OC(COC(=O)CCCCCCCCCCCCCCCCCCCCC/C=C\CCCCCCCCCC)COP(=O)(O)OCC[N+](C)(C)C. The lowest BCUT2D eigenvalue weighted by atomic mass is 10.0. The number of hydrogen-bond acceptors (Lipinski definition) is 7. The van der Waals surface area contributed by atoms with E-state index in [1.807, 2.05) is 21.1 Å². The number of rotatable bonds is 75. The lowest BCUT2D eigenvalue weighted by Crippen LogP contribution is -2.37. The number of nitrogens with zero attached hydrogens (tertiary/aromatic N) is 1. The van der Waals surface area contributed by atoms with Crippen LogP contribution in [0.15, 0.2) is 60.8 Å². The fourth-order valence-electron chi connectivity index (χ4n) is 12.0. The molecule has 0 aromatic heterocycles. The van der Waals surface area contributed by atoms with Gasteiger partial charge in [0.2, 0.25) is 0 Å². The number of esters is 2. The first-order valence-electron chi connectivity index (χ1n) is 40.0. The van der Waals surface area contributed by atoms with Crippen LogP contribution in [0.3, 0.4) is 0 Å². The van der Waals surface area contributed by atoms with Crippen LogP contribution in [0.1, 0.15) is 399 Å². The predicted octanol–water partition coefficient (Wildman–Crippen LogP) is 26.5. The van der Waals surface area contributed by atoms with E-state index in [2.05, 4.69) is 74.6 Å². The van der Waals surface area contributed by atoms with Crippen LogP contribution in [0.5, 0.6) is 0 Å². The van der Waals surface area contributed by atoms with Crippen molar-refractivity contribution in [1.29, 1.82) is 0 Å². The minimum absolute atomic E-state index is 0.0343. The number of likely N-dealkylation sites (N-methyl/N-ethyl adjacent to an activating group) is 1. The van der Waals surface area contributed by atoms with Gasteiger partial charge in [0.25, 0.3) is 0 Å². The van der Waals surface area contributed by atoms with Gasteiger partial charge >= 0.3 is 19.8 Å². The summed E-state index contributed by atoms with van der Waals surface area (Å²) in [5.41, 5.74) is 0. The quantitative estimate of drug-likeness (QED) is 0.0211. The third kappa shape index (κ3) is 76.7. The lowest BCUT2D eigenvalue weighted by Gasteiger charge is -2.24. The van der Waals surface area contributed by atoms with Gasteiger partial charge in [-0.1, -0.05) is 370 Å². The molecule has 0 radical (unpaired) electrons. The van der Waals surface area contributed by atoms with E-state index < -0.39 is 26.5 Å². The highest BCUT2D eigenvalue weighted by molar-refractivity contribution is 7.47. The highest BCUT2D eigenvalue weighted by atomic mass is 31.2. The van der Waals surface area contributed by atoms with Crippen molar-refractivity contribution >= 4 is 19.8 Å². The summed E-state index contributed by atoms with van der Waals surface area (Å²) in [6.45, 7) is 4.39. The summed E-state index contributed by atoms with van der Waals surface area (Å²) in [5.74, 6) is -0.773. The second kappa shape index (κ2) is 73.0. The van der Waals surface area contributed by atoms with Gasteiger partial charge in [0, 0.05) is 12.8 Å². The molecule has 0 aromatic rings. The molecular formula is C82H155NO8P+. The Bertz CT molecular complexity index is 1740. The molecule has 92 heavy (non-hydrogen) atoms. The molecule has 0 fully saturated rings. The molecule has 2 unspecified atom stereocenters. The highest BCUT2D eigenvalue weighted by Gasteiger charge is 2.27. The minimum atomic E-state index is -4.39. The van der Waals surface area contributed by atoms with Crippen LogP contribution >= 0.6 is 7.82 Å². The van der Waals surface area contributed by atoms with Crippen LogP contribution in [0.4, 0.5) is 0 Å². The largest absolute Gasteiger partial charge is 0.472 e. The van der Waals surface area contributed by atoms with E-state index in [4.69, 9.17) is 18.5 Å². The van der Waals surface area contributed by atoms with E-state index >= 15 is 0 Å². The topological polar surface area (TPSA) is 108 Å². The summed E-state index contributed by atoms with van der Waals surface area (Å²) >= 11 is 0. The fraction of sp³-hybridized carbons (Fsp3) is 0.854. The Labute approximate surface area is 572 Å².